The number of para-hydroxylation sites is 2. The smallest absolute Gasteiger partial charge is 0.303 e. The number of H-pyrrole nitrogens is 3. The Morgan fingerprint density at radius 1 is 0.515 bits per heavy atom. The molecule has 3 aliphatic rings. The van der Waals surface area contributed by atoms with Gasteiger partial charge in [-0.15, -0.1) is 11.8 Å². The first-order valence-electron chi connectivity index (χ1n) is 45.0. The predicted molar refractivity (Wildman–Crippen MR) is 491 cm³/mol. The minimum absolute atomic E-state index is 0.0422. The third-order valence-electron chi connectivity index (χ3n) is 24.2. The van der Waals surface area contributed by atoms with Crippen LogP contribution in [0.3, 0.4) is 0 Å². The van der Waals surface area contributed by atoms with Crippen LogP contribution in [-0.4, -0.2) is 327 Å². The molecule has 0 saturated carbocycles. The summed E-state index contributed by atoms with van der Waals surface area (Å²) in [6, 6.07) is -3.54. The Kier molecular flexibility index (Phi) is 39.1. The molecule has 0 spiro atoms. The zero-order valence-corrected chi connectivity index (χ0v) is 77.3. The summed E-state index contributed by atoms with van der Waals surface area (Å²) in [6.07, 6.45) is -0.127. The van der Waals surface area contributed by atoms with Crippen LogP contribution >= 0.6 is 11.8 Å². The van der Waals surface area contributed by atoms with E-state index in [1.165, 1.54) is 64.9 Å². The van der Waals surface area contributed by atoms with Crippen molar-refractivity contribution in [2.45, 2.75) is 233 Å². The molecule has 45 nitrogen and oxygen atoms in total. The van der Waals surface area contributed by atoms with Crippen LogP contribution in [-0.2, 0) is 117 Å². The van der Waals surface area contributed by atoms with Crippen molar-refractivity contribution in [3.05, 3.63) is 120 Å². The fourth-order valence-electron chi connectivity index (χ4n) is 16.6. The largest absolute Gasteiger partial charge is 0.508 e. The van der Waals surface area contributed by atoms with E-state index < -0.39 is 273 Å². The van der Waals surface area contributed by atoms with Crippen molar-refractivity contribution in [1.82, 2.24) is 97.6 Å². The predicted octanol–water partition coefficient (Wildman–Crippen LogP) is -3.15. The van der Waals surface area contributed by atoms with Crippen LogP contribution in [0.5, 0.6) is 5.75 Å². The SMILES string of the molecule is CCCC[C@H]1C(=O)N(C)[C@@H](CCCC)C(=O)N[C@@H](CCC(=O)O)C(=O)N[C@H](C(=O)NCC(N)=O)CSCC(=O)N[C@@H](Cc2ccc(O)cc2)C(=O)N(C)[C@@H](C)C(=O)N[C@H](CC(N)=O)C(=O)N2CCC[C@H]2C(=O)N[C@@H](Cc2c[nH]cn2)C(=O)N[C@@H](CCC(=O)O)C(=O)N2C[C@H](O)C[C@H]2C(=O)N[C@@H](Cc2c[nH]c3ccccc23)C(=O)N[C@@H](CCN)C(=O)N[C@@H](Cc2c[nH]c3ccccc23)C(=O)N1C. The van der Waals surface area contributed by atoms with Crippen molar-refractivity contribution in [1.29, 1.82) is 0 Å². The Balaban J connectivity index is 1.11. The second kappa shape index (κ2) is 50.3. The van der Waals surface area contributed by atoms with E-state index in [-0.39, 0.29) is 82.3 Å². The number of aliphatic carboxylic acids is 2. The topological polar surface area (TPSA) is 680 Å². The Labute approximate surface area is 786 Å². The number of imidazole rings is 1. The third-order valence-corrected chi connectivity index (χ3v) is 25.2. The van der Waals surface area contributed by atoms with E-state index >= 15 is 38.4 Å². The molecule has 15 atom stereocenters. The van der Waals surface area contributed by atoms with Gasteiger partial charge in [-0.25, -0.2) is 4.98 Å². The van der Waals surface area contributed by atoms with Gasteiger partial charge in [0.25, 0.3) is 0 Å². The molecule has 3 aromatic carbocycles. The lowest BCUT2D eigenvalue weighted by Crippen LogP contribution is -2.61. The standard InChI is InChI=1S/C90H122N22O23S/c1-7-9-20-68-83(128)101-59(27-29-75(118)119)79(124)107-67(78(123)97-43-73(93)116)45-136-46-74(117)99-64(34-49-23-25-53(113)26-24-49)86(131)108(4)48(3)77(122)105-66(39-72(92)115)89(134)111-33-15-22-69(111)84(129)104-63(37-52-42-94-47-98-52)82(127)102-61(28-30-76(120)121)88(133)112-44-54(114)38-71(112)85(130)103-62(35-50-40-95-57-18-13-11-16-55(50)57)81(126)100-60(31-32-91)80(125)106-65(36-51-41-96-58-19-14-12-17-56(51)58)87(132)110(6)70(21-10-8-2)90(135)109(68)5/h11-14,16-19,23-26,40-42,47-48,54,59-71,95-96,113-114H,7-10,15,20-22,27-39,43-46,91H2,1-6H3,(H2,92,115)(H2,93,116)(H,94,98)(H,97,123)(H,99,117)(H,100,126)(H,101,128)(H,102,127)(H,103,130)(H,104,129)(H,105,122)(H,106,125)(H,107,124)(H,118,119)(H,120,121)/t48-,54+,59-,60-,61-,62-,63-,64-,65-,66+,67-,68-,69-,70-,71-/m0/s1. The number of nitrogens with one attached hydrogen (secondary N) is 13. The molecule has 23 N–H and O–H groups in total. The minimum Gasteiger partial charge on any atom is -0.508 e. The maximum absolute atomic E-state index is 15.8. The van der Waals surface area contributed by atoms with Crippen molar-refractivity contribution in [3.8, 4) is 5.75 Å². The lowest BCUT2D eigenvalue weighted by molar-refractivity contribution is -0.149. The van der Waals surface area contributed by atoms with E-state index in [9.17, 15) is 73.2 Å². The van der Waals surface area contributed by atoms with Gasteiger partial charge in [0.05, 0.1) is 36.8 Å². The van der Waals surface area contributed by atoms with Gasteiger partial charge in [0, 0.05) is 125 Å². The molecule has 3 fully saturated rings. The maximum atomic E-state index is 15.8. The molecule has 3 aromatic heterocycles. The number of fused-ring (bicyclic) bond motifs is 4. The molecule has 0 unspecified atom stereocenters. The summed E-state index contributed by atoms with van der Waals surface area (Å²) >= 11 is 0.698. The zero-order valence-electron chi connectivity index (χ0n) is 76.4. The average molecular weight is 1910 g/mol. The molecule has 3 saturated heterocycles. The van der Waals surface area contributed by atoms with Crippen LogP contribution in [0.4, 0.5) is 0 Å². The van der Waals surface area contributed by atoms with Gasteiger partial charge in [0.15, 0.2) is 0 Å². The number of carbonyl (C=O) groups excluding carboxylic acids is 17. The van der Waals surface area contributed by atoms with Gasteiger partial charge in [-0.1, -0.05) is 88.1 Å². The summed E-state index contributed by atoms with van der Waals surface area (Å²) in [4.78, 5) is 293. The fraction of sp³-hybridized carbons (Fsp3) is 0.511. The number of carbonyl (C=O) groups is 19. The van der Waals surface area contributed by atoms with Crippen molar-refractivity contribution in [3.63, 3.8) is 0 Å². The molecule has 17 amide bonds. The Morgan fingerprint density at radius 3 is 1.61 bits per heavy atom. The van der Waals surface area contributed by atoms with Crippen LogP contribution in [0.1, 0.15) is 139 Å². The number of hydrogen-bond donors (Lipinski definition) is 20. The van der Waals surface area contributed by atoms with Crippen molar-refractivity contribution in [2.75, 3.05) is 58.8 Å². The highest BCUT2D eigenvalue weighted by atomic mass is 32.2. The molecule has 0 radical (unpaired) electrons. The maximum Gasteiger partial charge on any atom is 0.303 e. The number of primary amides is 2. The van der Waals surface area contributed by atoms with Gasteiger partial charge in [0.1, 0.15) is 90.3 Å². The number of carboxylic acid groups (broad SMARTS) is 2. The Hall–Kier alpha value is -14.1. The van der Waals surface area contributed by atoms with Crippen LogP contribution in [0.25, 0.3) is 21.8 Å². The second-order valence-corrected chi connectivity index (χ2v) is 35.1. The van der Waals surface area contributed by atoms with Gasteiger partial charge in [-0.2, -0.15) is 0 Å². The van der Waals surface area contributed by atoms with Gasteiger partial charge < -0.3 is 130 Å². The highest BCUT2D eigenvalue weighted by Crippen LogP contribution is 2.28. The second-order valence-electron chi connectivity index (χ2n) is 34.1. The van der Waals surface area contributed by atoms with E-state index in [2.05, 4.69) is 73.1 Å². The van der Waals surface area contributed by atoms with Gasteiger partial charge in [-0.3, -0.25) is 91.1 Å². The number of carboxylic acids is 2. The first-order chi connectivity index (χ1) is 64.8. The molecule has 0 aliphatic carbocycles. The molecule has 736 valence electrons. The number of aliphatic hydroxyl groups is 1. The monoisotopic (exact) mass is 1910 g/mol. The lowest BCUT2D eigenvalue weighted by atomic mass is 9.99. The van der Waals surface area contributed by atoms with Crippen molar-refractivity contribution in [2.24, 2.45) is 17.2 Å². The van der Waals surface area contributed by atoms with E-state index in [0.29, 0.717) is 69.5 Å². The Bertz CT molecular complexity index is 5300. The van der Waals surface area contributed by atoms with E-state index in [1.54, 1.807) is 67.8 Å². The number of unbranched alkanes of at least 4 members (excludes halogenated alkanes) is 2. The number of thioether (sulfide) groups is 1. The quantitative estimate of drug-likeness (QED) is 0.0242. The Morgan fingerprint density at radius 2 is 1.02 bits per heavy atom. The molecular weight excluding hydrogens is 1790 g/mol. The molecule has 6 heterocycles. The highest BCUT2D eigenvalue weighted by Gasteiger charge is 2.47. The normalized spacial score (nSPS) is 24.6. The number of likely N-dealkylation sites (N-methyl/N-ethyl adjacent to an activating group) is 3. The van der Waals surface area contributed by atoms with E-state index in [0.717, 1.165) is 24.5 Å². The number of amides is 17. The number of nitrogens with two attached hydrogens (primary N) is 3. The van der Waals surface area contributed by atoms with Crippen LogP contribution < -0.4 is 70.4 Å². The third kappa shape index (κ3) is 29.2. The summed E-state index contributed by atoms with van der Waals surface area (Å²) < 4.78 is 0. The number of phenolic OH excluding ortho intramolecular Hbond substituents is 1. The number of nitrogens with zero attached hydrogens (tertiary/aromatic N) is 6. The van der Waals surface area contributed by atoms with Crippen LogP contribution in [0, 0.1) is 0 Å². The van der Waals surface area contributed by atoms with Crippen molar-refractivity contribution >= 4 is 146 Å². The summed E-state index contributed by atoms with van der Waals surface area (Å²) in [7, 11) is 3.79. The number of aromatic amines is 3. The summed E-state index contributed by atoms with van der Waals surface area (Å²) in [5.74, 6) is -21.4. The molecule has 6 aromatic rings. The molecule has 136 heavy (non-hydrogen) atoms. The van der Waals surface area contributed by atoms with E-state index in [1.807, 2.05) is 6.92 Å². The van der Waals surface area contributed by atoms with Crippen LogP contribution in [0.15, 0.2) is 97.7 Å². The summed E-state index contributed by atoms with van der Waals surface area (Å²) in [5.41, 5.74) is 20.0. The number of aliphatic hydroxyl groups excluding tert-OH is 1. The minimum atomic E-state index is -1.85. The summed E-state index contributed by atoms with van der Waals surface area (Å²) in [6.45, 7) is 3.02. The number of benzene rings is 3. The van der Waals surface area contributed by atoms with Crippen LogP contribution in [0.2, 0.25) is 0 Å². The van der Waals surface area contributed by atoms with Crippen molar-refractivity contribution < 1.29 is 112 Å². The molecule has 46 heteroatoms. The van der Waals surface area contributed by atoms with Gasteiger partial charge in [0.2, 0.25) is 100 Å². The van der Waals surface area contributed by atoms with E-state index in [4.69, 9.17) is 17.2 Å². The highest BCUT2D eigenvalue weighted by molar-refractivity contribution is 8.00. The number of rotatable bonds is 27. The first-order valence-corrected chi connectivity index (χ1v) is 46.2. The number of aromatic nitrogens is 4. The molecule has 0 bridgehead atoms. The fourth-order valence-corrected chi connectivity index (χ4v) is 17.5. The zero-order chi connectivity index (χ0) is 99.3. The molecular formula is C90H122N22O23S. The van der Waals surface area contributed by atoms with Gasteiger partial charge in [-0.05, 0) is 99.4 Å². The molecule has 3 aliphatic heterocycles. The first kappa shape index (κ1) is 106. The van der Waals surface area contributed by atoms with Gasteiger partial charge >= 0.3 is 11.9 Å². The molecule has 9 rings (SSSR count). The number of aromatic hydroxyl groups is 1. The number of hydrogen-bond acceptors (Lipinski definition) is 24. The lowest BCUT2D eigenvalue weighted by Gasteiger charge is -2.36. The number of phenols is 1. The average Bonchev–Trinajstić information content (AvgIpc) is 1.64. The summed E-state index contributed by atoms with van der Waals surface area (Å²) in [5, 5.41) is 68.9.